The minimum absolute atomic E-state index is 0.0944. The van der Waals surface area contributed by atoms with E-state index < -0.39 is 5.82 Å². The Morgan fingerprint density at radius 3 is 2.65 bits per heavy atom. The van der Waals surface area contributed by atoms with Gasteiger partial charge in [-0.3, -0.25) is 9.20 Å². The van der Waals surface area contributed by atoms with Gasteiger partial charge in [-0.1, -0.05) is 13.3 Å². The number of aromatic hydroxyl groups is 1. The maximum Gasteiger partial charge on any atom is 0.211 e. The Balaban J connectivity index is 2.14. The first kappa shape index (κ1) is 15.2. The van der Waals surface area contributed by atoms with E-state index >= 15 is 0 Å². The number of imidazole rings is 1. The van der Waals surface area contributed by atoms with Gasteiger partial charge in [0.25, 0.3) is 0 Å². The lowest BCUT2D eigenvalue weighted by Gasteiger charge is -2.05. The first-order valence-electron chi connectivity index (χ1n) is 7.60. The van der Waals surface area contributed by atoms with Crippen molar-refractivity contribution in [3.05, 3.63) is 65.4 Å². The van der Waals surface area contributed by atoms with Crippen LogP contribution in [-0.4, -0.2) is 20.3 Å². The molecule has 0 aliphatic heterocycles. The quantitative estimate of drug-likeness (QED) is 0.730. The molecule has 2 aromatic heterocycles. The molecule has 0 spiro atoms. The summed E-state index contributed by atoms with van der Waals surface area (Å²) in [6.07, 6.45) is 3.83. The molecule has 5 heteroatoms. The van der Waals surface area contributed by atoms with Crippen molar-refractivity contribution in [2.75, 3.05) is 0 Å². The molecule has 0 unspecified atom stereocenters. The Hall–Kier alpha value is -2.69. The van der Waals surface area contributed by atoms with Gasteiger partial charge in [-0.2, -0.15) is 0 Å². The number of phenolic OH excluding ortho intramolecular Hbond substituents is 1. The fourth-order valence-corrected chi connectivity index (χ4v) is 2.58. The summed E-state index contributed by atoms with van der Waals surface area (Å²) in [6, 6.07) is 8.94. The maximum absolute atomic E-state index is 13.6. The number of aryl methyl sites for hydroxylation is 1. The van der Waals surface area contributed by atoms with Crippen molar-refractivity contribution in [3.63, 3.8) is 0 Å². The van der Waals surface area contributed by atoms with E-state index in [0.717, 1.165) is 12.8 Å². The molecule has 0 atom stereocenters. The molecule has 0 aliphatic carbocycles. The number of ketones is 1. The third-order valence-electron chi connectivity index (χ3n) is 3.77. The van der Waals surface area contributed by atoms with Gasteiger partial charge in [-0.15, -0.1) is 0 Å². The van der Waals surface area contributed by atoms with Crippen LogP contribution in [0.1, 0.15) is 41.5 Å². The van der Waals surface area contributed by atoms with Crippen LogP contribution in [0, 0.1) is 5.82 Å². The summed E-state index contributed by atoms with van der Waals surface area (Å²) in [6.45, 7) is 2.07. The van der Waals surface area contributed by atoms with Crippen molar-refractivity contribution < 1.29 is 14.3 Å². The molecule has 0 saturated heterocycles. The third-order valence-corrected chi connectivity index (χ3v) is 3.77. The largest absolute Gasteiger partial charge is 0.508 e. The predicted octanol–water partition coefficient (Wildman–Crippen LogP) is 3.75. The number of pyridine rings is 1. The first-order valence-corrected chi connectivity index (χ1v) is 7.60. The summed E-state index contributed by atoms with van der Waals surface area (Å²) in [5.74, 6) is -0.553. The molecule has 0 amide bonds. The third kappa shape index (κ3) is 2.95. The van der Waals surface area contributed by atoms with Crippen LogP contribution < -0.4 is 0 Å². The van der Waals surface area contributed by atoms with Gasteiger partial charge in [0.15, 0.2) is 0 Å². The highest BCUT2D eigenvalue weighted by Crippen LogP contribution is 2.21. The van der Waals surface area contributed by atoms with Crippen LogP contribution in [0.5, 0.6) is 5.75 Å². The zero-order chi connectivity index (χ0) is 16.4. The van der Waals surface area contributed by atoms with Gasteiger partial charge >= 0.3 is 0 Å². The van der Waals surface area contributed by atoms with Gasteiger partial charge in [0, 0.05) is 11.8 Å². The summed E-state index contributed by atoms with van der Waals surface area (Å²) in [7, 11) is 0. The van der Waals surface area contributed by atoms with Gasteiger partial charge in [-0.25, -0.2) is 9.37 Å². The smallest absolute Gasteiger partial charge is 0.211 e. The number of hydrogen-bond acceptors (Lipinski definition) is 3. The normalized spacial score (nSPS) is 11.0. The van der Waals surface area contributed by atoms with Crippen LogP contribution >= 0.6 is 0 Å². The topological polar surface area (TPSA) is 54.6 Å². The summed E-state index contributed by atoms with van der Waals surface area (Å²) in [4.78, 5) is 17.3. The summed E-state index contributed by atoms with van der Waals surface area (Å²) in [5.41, 5.74) is 2.06. The van der Waals surface area contributed by atoms with E-state index in [1.54, 1.807) is 18.2 Å². The molecule has 2 heterocycles. The van der Waals surface area contributed by atoms with Crippen molar-refractivity contribution in [3.8, 4) is 5.75 Å². The second-order valence-corrected chi connectivity index (χ2v) is 5.46. The minimum atomic E-state index is -0.420. The van der Waals surface area contributed by atoms with Crippen LogP contribution in [0.25, 0.3) is 5.65 Å². The highest BCUT2D eigenvalue weighted by molar-refractivity contribution is 6.09. The van der Waals surface area contributed by atoms with E-state index in [1.165, 1.54) is 28.8 Å². The first-order chi connectivity index (χ1) is 11.1. The average molecular weight is 312 g/mol. The number of nitrogens with zero attached hydrogens (tertiary/aromatic N) is 2. The molecule has 0 aliphatic rings. The predicted molar refractivity (Wildman–Crippen MR) is 85.3 cm³/mol. The highest BCUT2D eigenvalue weighted by Gasteiger charge is 2.20. The number of hydrogen-bond donors (Lipinski definition) is 1. The Labute approximate surface area is 133 Å². The Kier molecular flexibility index (Phi) is 4.10. The molecule has 1 N–H and O–H groups in total. The monoisotopic (exact) mass is 312 g/mol. The molecule has 0 saturated carbocycles. The Morgan fingerprint density at radius 1 is 1.22 bits per heavy atom. The van der Waals surface area contributed by atoms with E-state index in [0.29, 0.717) is 29.0 Å². The number of rotatable bonds is 5. The number of carbonyl (C=O) groups is 1. The highest BCUT2D eigenvalue weighted by atomic mass is 19.1. The molecule has 23 heavy (non-hydrogen) atoms. The summed E-state index contributed by atoms with van der Waals surface area (Å²) >= 11 is 0. The lowest BCUT2D eigenvalue weighted by Crippen LogP contribution is -2.08. The Morgan fingerprint density at radius 2 is 1.96 bits per heavy atom. The molecular weight excluding hydrogens is 295 g/mol. The lowest BCUT2D eigenvalue weighted by molar-refractivity contribution is 0.103. The van der Waals surface area contributed by atoms with Crippen LogP contribution in [0.3, 0.4) is 0 Å². The molecule has 4 nitrogen and oxygen atoms in total. The van der Waals surface area contributed by atoms with Crippen LogP contribution in [0.15, 0.2) is 42.6 Å². The zero-order valence-corrected chi connectivity index (χ0v) is 12.8. The molecule has 118 valence electrons. The standard InChI is InChI=1S/C18H17FN2O2/c1-2-3-4-15-17(18(23)12-5-8-14(22)9-6-12)21-11-13(19)7-10-16(21)20-15/h5-11,22H,2-4H2,1H3. The Bertz CT molecular complexity index is 853. The number of carbonyl (C=O) groups excluding carboxylic acids is 1. The second-order valence-electron chi connectivity index (χ2n) is 5.46. The molecular formula is C18H17FN2O2. The number of halogens is 1. The molecule has 0 radical (unpaired) electrons. The van der Waals surface area contributed by atoms with E-state index in [9.17, 15) is 14.3 Å². The van der Waals surface area contributed by atoms with Gasteiger partial charge in [0.2, 0.25) is 5.78 Å². The van der Waals surface area contributed by atoms with Crippen molar-refractivity contribution in [1.82, 2.24) is 9.38 Å². The maximum atomic E-state index is 13.6. The number of benzene rings is 1. The average Bonchev–Trinajstić information content (AvgIpc) is 2.90. The number of unbranched alkanes of at least 4 members (excludes halogenated alkanes) is 1. The lowest BCUT2D eigenvalue weighted by atomic mass is 10.0. The number of phenols is 1. The van der Waals surface area contributed by atoms with Gasteiger partial charge < -0.3 is 5.11 Å². The fourth-order valence-electron chi connectivity index (χ4n) is 2.58. The van der Waals surface area contributed by atoms with Gasteiger partial charge in [0.05, 0.1) is 5.69 Å². The number of fused-ring (bicyclic) bond motifs is 1. The van der Waals surface area contributed by atoms with E-state index in [4.69, 9.17) is 0 Å². The molecule has 0 fully saturated rings. The van der Waals surface area contributed by atoms with E-state index in [1.807, 2.05) is 0 Å². The summed E-state index contributed by atoms with van der Waals surface area (Å²) < 4.78 is 15.1. The van der Waals surface area contributed by atoms with Crippen LogP contribution in [0.2, 0.25) is 0 Å². The van der Waals surface area contributed by atoms with Gasteiger partial charge in [0.1, 0.15) is 22.9 Å². The van der Waals surface area contributed by atoms with Crippen LogP contribution in [0.4, 0.5) is 4.39 Å². The van der Waals surface area contributed by atoms with Gasteiger partial charge in [-0.05, 0) is 49.2 Å². The van der Waals surface area contributed by atoms with E-state index in [2.05, 4.69) is 11.9 Å². The van der Waals surface area contributed by atoms with Crippen molar-refractivity contribution in [2.45, 2.75) is 26.2 Å². The zero-order valence-electron chi connectivity index (χ0n) is 12.8. The summed E-state index contributed by atoms with van der Waals surface area (Å²) in [5, 5.41) is 9.37. The molecule has 1 aromatic carbocycles. The second kappa shape index (κ2) is 6.20. The minimum Gasteiger partial charge on any atom is -0.508 e. The van der Waals surface area contributed by atoms with Crippen LogP contribution in [-0.2, 0) is 6.42 Å². The van der Waals surface area contributed by atoms with Crippen molar-refractivity contribution in [1.29, 1.82) is 0 Å². The fraction of sp³-hybridized carbons (Fsp3) is 0.222. The molecule has 0 bridgehead atoms. The van der Waals surface area contributed by atoms with Crippen molar-refractivity contribution >= 4 is 11.4 Å². The molecule has 3 aromatic rings. The van der Waals surface area contributed by atoms with E-state index in [-0.39, 0.29) is 11.5 Å². The van der Waals surface area contributed by atoms with Crippen molar-refractivity contribution in [2.24, 2.45) is 0 Å². The molecule has 3 rings (SSSR count). The number of aromatic nitrogens is 2. The SMILES string of the molecule is CCCCc1nc2ccc(F)cn2c1C(=O)c1ccc(O)cc1.